The van der Waals surface area contributed by atoms with Gasteiger partial charge in [0.1, 0.15) is 11.6 Å². The summed E-state index contributed by atoms with van der Waals surface area (Å²) in [6, 6.07) is 10.4. The molecule has 6 heteroatoms. The number of amides is 1. The normalized spacial score (nSPS) is 14.4. The molecule has 0 bridgehead atoms. The van der Waals surface area contributed by atoms with Gasteiger partial charge in [0.2, 0.25) is 5.91 Å². The Balaban J connectivity index is 1.59. The van der Waals surface area contributed by atoms with Crippen molar-refractivity contribution >= 4 is 17.4 Å². The maximum atomic E-state index is 14.3. The lowest BCUT2D eigenvalue weighted by atomic mass is 10.1. The summed E-state index contributed by atoms with van der Waals surface area (Å²) in [5, 5.41) is 0. The summed E-state index contributed by atoms with van der Waals surface area (Å²) in [5.41, 5.74) is 1.56. The molecule has 26 heavy (non-hydrogen) atoms. The molecule has 2 aromatic rings. The molecule has 1 heterocycles. The number of piperazine rings is 1. The Morgan fingerprint density at radius 2 is 1.62 bits per heavy atom. The summed E-state index contributed by atoms with van der Waals surface area (Å²) >= 11 is 0. The molecule has 0 atom stereocenters. The zero-order valence-electron chi connectivity index (χ0n) is 14.5. The van der Waals surface area contributed by atoms with Crippen molar-refractivity contribution in [3.63, 3.8) is 0 Å². The summed E-state index contributed by atoms with van der Waals surface area (Å²) in [6.07, 6.45) is 0.224. The van der Waals surface area contributed by atoms with Gasteiger partial charge in [-0.1, -0.05) is 12.1 Å². The minimum Gasteiger partial charge on any atom is -0.366 e. The molecule has 136 valence electrons. The monoisotopic (exact) mass is 358 g/mol. The molecule has 1 amide bonds. The molecule has 4 nitrogen and oxygen atoms in total. The Morgan fingerprint density at radius 3 is 2.19 bits per heavy atom. The molecular formula is C20H20F2N2O2. The topological polar surface area (TPSA) is 40.6 Å². The highest BCUT2D eigenvalue weighted by atomic mass is 19.1. The van der Waals surface area contributed by atoms with Gasteiger partial charge >= 0.3 is 0 Å². The molecule has 1 aliphatic rings. The largest absolute Gasteiger partial charge is 0.366 e. The van der Waals surface area contributed by atoms with Crippen molar-refractivity contribution < 1.29 is 18.4 Å². The van der Waals surface area contributed by atoms with E-state index < -0.39 is 5.82 Å². The first kappa shape index (κ1) is 18.0. The van der Waals surface area contributed by atoms with Gasteiger partial charge in [-0.25, -0.2) is 8.78 Å². The number of halogens is 2. The van der Waals surface area contributed by atoms with Gasteiger partial charge < -0.3 is 9.80 Å². The number of rotatable bonds is 4. The Bertz CT molecular complexity index is 813. The van der Waals surface area contributed by atoms with Crippen LogP contribution in [0, 0.1) is 11.6 Å². The van der Waals surface area contributed by atoms with Crippen molar-refractivity contribution in [2.24, 2.45) is 0 Å². The standard InChI is InChI=1S/C20H20F2N2O2/c1-14(25)16-4-7-19(18(22)13-16)23-8-10-24(11-9-23)20(26)12-15-2-5-17(21)6-3-15/h2-7,13H,8-12H2,1H3. The third kappa shape index (κ3) is 4.07. The molecule has 0 saturated carbocycles. The zero-order chi connectivity index (χ0) is 18.7. The molecule has 3 rings (SSSR count). The van der Waals surface area contributed by atoms with Crippen molar-refractivity contribution in [1.82, 2.24) is 4.90 Å². The predicted octanol–water partition coefficient (Wildman–Crippen LogP) is 3.06. The fourth-order valence-corrected chi connectivity index (χ4v) is 3.07. The first-order valence-electron chi connectivity index (χ1n) is 8.51. The molecule has 0 aromatic heterocycles. The van der Waals surface area contributed by atoms with Crippen LogP contribution in [0.25, 0.3) is 0 Å². The Morgan fingerprint density at radius 1 is 0.962 bits per heavy atom. The fourth-order valence-electron chi connectivity index (χ4n) is 3.07. The highest BCUT2D eigenvalue weighted by molar-refractivity contribution is 5.94. The van der Waals surface area contributed by atoms with E-state index in [9.17, 15) is 18.4 Å². The number of Topliss-reactive ketones (excluding diaryl/α,β-unsaturated/α-hetero) is 1. The van der Waals surface area contributed by atoms with Crippen LogP contribution in [0.1, 0.15) is 22.8 Å². The number of carbonyl (C=O) groups is 2. The smallest absolute Gasteiger partial charge is 0.227 e. The third-order valence-electron chi connectivity index (χ3n) is 4.60. The highest BCUT2D eigenvalue weighted by Crippen LogP contribution is 2.22. The van der Waals surface area contributed by atoms with Gasteiger partial charge in [-0.15, -0.1) is 0 Å². The number of ketones is 1. The van der Waals surface area contributed by atoms with Gasteiger partial charge in [0.25, 0.3) is 0 Å². The second kappa shape index (κ2) is 7.64. The second-order valence-corrected chi connectivity index (χ2v) is 6.39. The van der Waals surface area contributed by atoms with Crippen molar-refractivity contribution in [2.75, 3.05) is 31.1 Å². The first-order chi connectivity index (χ1) is 12.4. The van der Waals surface area contributed by atoms with Crippen LogP contribution < -0.4 is 4.90 Å². The van der Waals surface area contributed by atoms with E-state index >= 15 is 0 Å². The maximum absolute atomic E-state index is 14.3. The van der Waals surface area contributed by atoms with Crippen molar-refractivity contribution in [1.29, 1.82) is 0 Å². The Kier molecular flexibility index (Phi) is 5.30. The number of nitrogens with zero attached hydrogens (tertiary/aromatic N) is 2. The lowest BCUT2D eigenvalue weighted by Gasteiger charge is -2.36. The Labute approximate surface area is 151 Å². The van der Waals surface area contributed by atoms with E-state index in [1.807, 2.05) is 4.90 Å². The fraction of sp³-hybridized carbons (Fsp3) is 0.300. The SMILES string of the molecule is CC(=O)c1ccc(N2CCN(C(=O)Cc3ccc(F)cc3)CC2)c(F)c1. The molecule has 0 aliphatic carbocycles. The van der Waals surface area contributed by atoms with Crippen LogP contribution in [-0.4, -0.2) is 42.8 Å². The quantitative estimate of drug-likeness (QED) is 0.789. The molecule has 0 unspecified atom stereocenters. The van der Waals surface area contributed by atoms with Crippen LogP contribution in [0.3, 0.4) is 0 Å². The lowest BCUT2D eigenvalue weighted by Crippen LogP contribution is -2.49. The van der Waals surface area contributed by atoms with Gasteiger partial charge in [0.05, 0.1) is 12.1 Å². The van der Waals surface area contributed by atoms with E-state index in [0.29, 0.717) is 37.4 Å². The zero-order valence-corrected chi connectivity index (χ0v) is 14.5. The number of benzene rings is 2. The number of anilines is 1. The van der Waals surface area contributed by atoms with Crippen LogP contribution in [0.4, 0.5) is 14.5 Å². The third-order valence-corrected chi connectivity index (χ3v) is 4.60. The molecule has 1 aliphatic heterocycles. The number of hydrogen-bond acceptors (Lipinski definition) is 3. The Hall–Kier alpha value is -2.76. The maximum Gasteiger partial charge on any atom is 0.227 e. The summed E-state index contributed by atoms with van der Waals surface area (Å²) in [7, 11) is 0. The van der Waals surface area contributed by atoms with E-state index in [4.69, 9.17) is 0 Å². The molecule has 0 radical (unpaired) electrons. The van der Waals surface area contributed by atoms with Crippen molar-refractivity contribution in [3.05, 3.63) is 65.2 Å². The highest BCUT2D eigenvalue weighted by Gasteiger charge is 2.23. The van der Waals surface area contributed by atoms with E-state index in [2.05, 4.69) is 0 Å². The average molecular weight is 358 g/mol. The molecule has 0 spiro atoms. The second-order valence-electron chi connectivity index (χ2n) is 6.39. The number of carbonyl (C=O) groups excluding carboxylic acids is 2. The predicted molar refractivity (Wildman–Crippen MR) is 95.3 cm³/mol. The molecule has 2 aromatic carbocycles. The molecule has 1 fully saturated rings. The van der Waals surface area contributed by atoms with Gasteiger partial charge in [-0.2, -0.15) is 0 Å². The van der Waals surface area contributed by atoms with Crippen LogP contribution in [0.15, 0.2) is 42.5 Å². The number of hydrogen-bond donors (Lipinski definition) is 0. The van der Waals surface area contributed by atoms with Gasteiger partial charge in [-0.05, 0) is 42.8 Å². The van der Waals surface area contributed by atoms with E-state index in [-0.39, 0.29) is 23.9 Å². The van der Waals surface area contributed by atoms with E-state index in [1.165, 1.54) is 25.1 Å². The minimum absolute atomic E-state index is 0.0244. The van der Waals surface area contributed by atoms with Gasteiger partial charge in [-0.3, -0.25) is 9.59 Å². The molecular weight excluding hydrogens is 338 g/mol. The van der Waals surface area contributed by atoms with Crippen LogP contribution >= 0.6 is 0 Å². The van der Waals surface area contributed by atoms with Crippen molar-refractivity contribution in [3.8, 4) is 0 Å². The van der Waals surface area contributed by atoms with E-state index in [0.717, 1.165) is 5.56 Å². The van der Waals surface area contributed by atoms with Crippen LogP contribution in [-0.2, 0) is 11.2 Å². The van der Waals surface area contributed by atoms with Gasteiger partial charge in [0.15, 0.2) is 5.78 Å². The lowest BCUT2D eigenvalue weighted by molar-refractivity contribution is -0.130. The summed E-state index contributed by atoms with van der Waals surface area (Å²) in [6.45, 7) is 3.43. The van der Waals surface area contributed by atoms with Crippen molar-refractivity contribution in [2.45, 2.75) is 13.3 Å². The molecule has 0 N–H and O–H groups in total. The molecule has 1 saturated heterocycles. The summed E-state index contributed by atoms with van der Waals surface area (Å²) in [4.78, 5) is 27.3. The van der Waals surface area contributed by atoms with E-state index in [1.54, 1.807) is 29.2 Å². The van der Waals surface area contributed by atoms with Crippen LogP contribution in [0.5, 0.6) is 0 Å². The summed E-state index contributed by atoms with van der Waals surface area (Å²) < 4.78 is 27.2. The first-order valence-corrected chi connectivity index (χ1v) is 8.51. The average Bonchev–Trinajstić information content (AvgIpc) is 2.63. The van der Waals surface area contributed by atoms with Crippen LogP contribution in [0.2, 0.25) is 0 Å². The minimum atomic E-state index is -0.427. The summed E-state index contributed by atoms with van der Waals surface area (Å²) in [5.74, 6) is -0.952. The van der Waals surface area contributed by atoms with Gasteiger partial charge in [0, 0.05) is 31.7 Å².